The van der Waals surface area contributed by atoms with Gasteiger partial charge >= 0.3 is 6.03 Å². The van der Waals surface area contributed by atoms with Crippen molar-refractivity contribution in [3.63, 3.8) is 0 Å². The van der Waals surface area contributed by atoms with Crippen LogP contribution in [0.25, 0.3) is 0 Å². The molecule has 0 unspecified atom stereocenters. The molecule has 0 aromatic heterocycles. The smallest absolute Gasteiger partial charge is 0.315 e. The van der Waals surface area contributed by atoms with Crippen LogP contribution in [-0.4, -0.2) is 53.0 Å². The lowest BCUT2D eigenvalue weighted by molar-refractivity contribution is -0.497. The molecular weight excluding hydrogens is 312 g/mol. The number of piperidine rings is 1. The molecule has 8 nitrogen and oxygen atoms in total. The number of likely N-dealkylation sites (tertiary alicyclic amines) is 1. The van der Waals surface area contributed by atoms with E-state index >= 15 is 0 Å². The van der Waals surface area contributed by atoms with Crippen LogP contribution in [0.5, 0.6) is 0 Å². The van der Waals surface area contributed by atoms with Crippen molar-refractivity contribution in [3.05, 3.63) is 10.1 Å². The summed E-state index contributed by atoms with van der Waals surface area (Å²) in [6.45, 7) is 1.13. The Bertz CT molecular complexity index is 498. The number of urea groups is 1. The van der Waals surface area contributed by atoms with Gasteiger partial charge in [-0.2, -0.15) is 0 Å². The van der Waals surface area contributed by atoms with E-state index in [-0.39, 0.29) is 28.9 Å². The Morgan fingerprint density at radius 1 is 0.958 bits per heavy atom. The molecule has 0 aromatic carbocycles. The lowest BCUT2D eigenvalue weighted by Gasteiger charge is -2.33. The maximum absolute atomic E-state index is 12.2. The van der Waals surface area contributed by atoms with Gasteiger partial charge in [-0.25, -0.2) is 4.79 Å². The van der Waals surface area contributed by atoms with E-state index in [9.17, 15) is 19.7 Å². The minimum Gasteiger partial charge on any atom is -0.342 e. The van der Waals surface area contributed by atoms with Crippen LogP contribution in [0.3, 0.4) is 0 Å². The first-order chi connectivity index (χ1) is 11.5. The summed E-state index contributed by atoms with van der Waals surface area (Å²) in [6, 6.07) is -0.436. The van der Waals surface area contributed by atoms with Gasteiger partial charge in [-0.15, -0.1) is 0 Å². The normalized spacial score (nSPS) is 28.2. The zero-order chi connectivity index (χ0) is 17.1. The zero-order valence-corrected chi connectivity index (χ0v) is 13.9. The largest absolute Gasteiger partial charge is 0.342 e. The van der Waals surface area contributed by atoms with Crippen molar-refractivity contribution >= 4 is 11.9 Å². The second kappa shape index (κ2) is 7.36. The van der Waals surface area contributed by atoms with Gasteiger partial charge in [-0.3, -0.25) is 14.9 Å². The fraction of sp³-hybridized carbons (Fsp3) is 0.875. The molecule has 3 rings (SSSR count). The van der Waals surface area contributed by atoms with Crippen LogP contribution >= 0.6 is 0 Å². The van der Waals surface area contributed by atoms with Gasteiger partial charge in [0.25, 0.3) is 0 Å². The summed E-state index contributed by atoms with van der Waals surface area (Å²) in [6.07, 6.45) is 7.51. The molecule has 8 heteroatoms. The molecule has 3 fully saturated rings. The monoisotopic (exact) mass is 338 g/mol. The van der Waals surface area contributed by atoms with E-state index in [1.807, 2.05) is 0 Å². The van der Waals surface area contributed by atoms with Crippen LogP contribution in [0.15, 0.2) is 0 Å². The molecule has 134 valence electrons. The maximum atomic E-state index is 12.2. The summed E-state index contributed by atoms with van der Waals surface area (Å²) in [5, 5.41) is 16.7. The number of hydrogen-bond donors (Lipinski definition) is 2. The average Bonchev–Trinajstić information content (AvgIpc) is 3.36. The highest BCUT2D eigenvalue weighted by Gasteiger charge is 2.54. The Labute approximate surface area is 141 Å². The predicted molar refractivity (Wildman–Crippen MR) is 87.0 cm³/mol. The van der Waals surface area contributed by atoms with Crippen LogP contribution in [0, 0.1) is 16.0 Å². The van der Waals surface area contributed by atoms with Gasteiger partial charge in [0.2, 0.25) is 11.9 Å². The molecule has 24 heavy (non-hydrogen) atoms. The van der Waals surface area contributed by atoms with E-state index in [1.165, 1.54) is 19.3 Å². The fourth-order valence-electron chi connectivity index (χ4n) is 3.82. The van der Waals surface area contributed by atoms with Crippen LogP contribution < -0.4 is 10.6 Å². The van der Waals surface area contributed by atoms with E-state index < -0.39 is 12.0 Å². The highest BCUT2D eigenvalue weighted by atomic mass is 16.6. The van der Waals surface area contributed by atoms with Crippen molar-refractivity contribution in [2.75, 3.05) is 13.1 Å². The summed E-state index contributed by atoms with van der Waals surface area (Å²) in [5.74, 6) is -0.527. The molecule has 2 saturated carbocycles. The summed E-state index contributed by atoms with van der Waals surface area (Å²) < 4.78 is 0. The Balaban J connectivity index is 1.36. The SMILES string of the molecule is O=C(NC1CCCCC1)NC1CCN(C(=O)[C@@H]2C[C@H]2[N+](=O)[O-])CC1. The van der Waals surface area contributed by atoms with E-state index in [2.05, 4.69) is 10.6 Å². The van der Waals surface area contributed by atoms with E-state index in [4.69, 9.17) is 0 Å². The van der Waals surface area contributed by atoms with Crippen molar-refractivity contribution in [2.24, 2.45) is 5.92 Å². The number of nitrogens with one attached hydrogen (secondary N) is 2. The van der Waals surface area contributed by atoms with E-state index in [0.717, 1.165) is 12.8 Å². The molecule has 0 radical (unpaired) electrons. The summed E-state index contributed by atoms with van der Waals surface area (Å²) in [4.78, 5) is 36.3. The second-order valence-corrected chi connectivity index (χ2v) is 7.25. The number of carbonyl (C=O) groups is 2. The van der Waals surface area contributed by atoms with Crippen LogP contribution in [0.1, 0.15) is 51.4 Å². The van der Waals surface area contributed by atoms with Crippen LogP contribution in [-0.2, 0) is 4.79 Å². The third-order valence-electron chi connectivity index (χ3n) is 5.43. The molecule has 3 amide bonds. The van der Waals surface area contributed by atoms with Gasteiger partial charge in [0.15, 0.2) is 0 Å². The predicted octanol–water partition coefficient (Wildman–Crippen LogP) is 1.27. The lowest BCUT2D eigenvalue weighted by atomic mass is 9.96. The molecule has 2 aliphatic carbocycles. The highest BCUT2D eigenvalue weighted by molar-refractivity contribution is 5.82. The van der Waals surface area contributed by atoms with E-state index in [1.54, 1.807) is 4.90 Å². The first-order valence-corrected chi connectivity index (χ1v) is 9.04. The topological polar surface area (TPSA) is 105 Å². The third-order valence-corrected chi connectivity index (χ3v) is 5.43. The highest BCUT2D eigenvalue weighted by Crippen LogP contribution is 2.35. The number of nitrogens with zero attached hydrogens (tertiary/aromatic N) is 2. The molecule has 2 atom stereocenters. The van der Waals surface area contributed by atoms with Gasteiger partial charge < -0.3 is 15.5 Å². The Hall–Kier alpha value is -1.86. The molecular formula is C16H26N4O4. The van der Waals surface area contributed by atoms with Crippen molar-refractivity contribution < 1.29 is 14.5 Å². The lowest BCUT2D eigenvalue weighted by Crippen LogP contribution is -2.51. The summed E-state index contributed by atoms with van der Waals surface area (Å²) >= 11 is 0. The standard InChI is InChI=1S/C16H26N4O4/c21-15(13-10-14(13)20(23)24)19-8-6-12(7-9-19)18-16(22)17-11-4-2-1-3-5-11/h11-14H,1-10H2,(H2,17,18,22)/t13-,14-/m1/s1. The van der Waals surface area contributed by atoms with Gasteiger partial charge in [-0.05, 0) is 25.7 Å². The molecule has 1 heterocycles. The Morgan fingerprint density at radius 3 is 2.08 bits per heavy atom. The average molecular weight is 338 g/mol. The molecule has 3 aliphatic rings. The number of amides is 3. The summed E-state index contributed by atoms with van der Waals surface area (Å²) in [5.41, 5.74) is 0. The fourth-order valence-corrected chi connectivity index (χ4v) is 3.82. The van der Waals surface area contributed by atoms with Gasteiger partial charge in [0.1, 0.15) is 5.92 Å². The minimum atomic E-state index is -0.686. The number of nitro groups is 1. The molecule has 0 bridgehead atoms. The van der Waals surface area contributed by atoms with Crippen molar-refractivity contribution in [1.82, 2.24) is 15.5 Å². The molecule has 1 aliphatic heterocycles. The Kier molecular flexibility index (Phi) is 5.20. The Morgan fingerprint density at radius 2 is 1.54 bits per heavy atom. The number of carbonyl (C=O) groups excluding carboxylic acids is 2. The molecule has 2 N–H and O–H groups in total. The van der Waals surface area contributed by atoms with Gasteiger partial charge in [0, 0.05) is 36.5 Å². The van der Waals surface area contributed by atoms with Gasteiger partial charge in [0.05, 0.1) is 0 Å². The first-order valence-electron chi connectivity index (χ1n) is 9.04. The van der Waals surface area contributed by atoms with Crippen LogP contribution in [0.2, 0.25) is 0 Å². The van der Waals surface area contributed by atoms with Crippen molar-refractivity contribution in [1.29, 1.82) is 0 Å². The second-order valence-electron chi connectivity index (χ2n) is 7.25. The van der Waals surface area contributed by atoms with Crippen LogP contribution in [0.4, 0.5) is 4.79 Å². The number of rotatable bonds is 4. The molecule has 0 aromatic rings. The quantitative estimate of drug-likeness (QED) is 0.595. The molecule has 1 saturated heterocycles. The third kappa shape index (κ3) is 4.15. The number of hydrogen-bond acceptors (Lipinski definition) is 4. The van der Waals surface area contributed by atoms with E-state index in [0.29, 0.717) is 32.4 Å². The van der Waals surface area contributed by atoms with Gasteiger partial charge in [-0.1, -0.05) is 19.3 Å². The summed E-state index contributed by atoms with van der Waals surface area (Å²) in [7, 11) is 0. The maximum Gasteiger partial charge on any atom is 0.315 e. The first kappa shape index (κ1) is 17.0. The molecule has 0 spiro atoms. The van der Waals surface area contributed by atoms with Crippen molar-refractivity contribution in [2.45, 2.75) is 69.5 Å². The zero-order valence-electron chi connectivity index (χ0n) is 13.9. The minimum absolute atomic E-state index is 0.0724. The van der Waals surface area contributed by atoms with Crippen molar-refractivity contribution in [3.8, 4) is 0 Å².